The predicted octanol–water partition coefficient (Wildman–Crippen LogP) is 3.47. The van der Waals surface area contributed by atoms with Crippen molar-refractivity contribution in [2.45, 2.75) is 46.0 Å². The summed E-state index contributed by atoms with van der Waals surface area (Å²) in [5, 5.41) is 2.87. The highest BCUT2D eigenvalue weighted by molar-refractivity contribution is 5.77. The van der Waals surface area contributed by atoms with Crippen LogP contribution in [0.1, 0.15) is 44.6 Å². The predicted molar refractivity (Wildman–Crippen MR) is 85.0 cm³/mol. The molecule has 0 aliphatic heterocycles. The molecular formula is C17H27NO3. The second-order valence-electron chi connectivity index (χ2n) is 5.21. The Morgan fingerprint density at radius 1 is 1.14 bits per heavy atom. The van der Waals surface area contributed by atoms with Crippen LogP contribution in [-0.2, 0) is 4.79 Å². The van der Waals surface area contributed by atoms with Crippen LogP contribution in [-0.4, -0.2) is 26.2 Å². The Balaban J connectivity index is 2.24. The van der Waals surface area contributed by atoms with E-state index < -0.39 is 0 Å². The second-order valence-corrected chi connectivity index (χ2v) is 5.21. The van der Waals surface area contributed by atoms with Gasteiger partial charge < -0.3 is 14.8 Å². The maximum absolute atomic E-state index is 11.7. The van der Waals surface area contributed by atoms with Gasteiger partial charge in [-0.2, -0.15) is 0 Å². The van der Waals surface area contributed by atoms with Crippen LogP contribution in [0.5, 0.6) is 11.5 Å². The number of carbonyl (C=O) groups is 1. The molecule has 0 radical (unpaired) electrons. The lowest BCUT2D eigenvalue weighted by Crippen LogP contribution is -2.29. The minimum atomic E-state index is -0.0897. The number of amides is 1. The fraction of sp³-hybridized carbons (Fsp3) is 0.588. The Morgan fingerprint density at radius 2 is 1.90 bits per heavy atom. The van der Waals surface area contributed by atoms with E-state index in [2.05, 4.69) is 12.2 Å². The molecule has 4 heteroatoms. The molecule has 1 amide bonds. The summed E-state index contributed by atoms with van der Waals surface area (Å²) >= 11 is 0. The van der Waals surface area contributed by atoms with E-state index in [0.29, 0.717) is 11.5 Å². The molecule has 0 bridgehead atoms. The Bertz CT molecular complexity index is 432. The quantitative estimate of drug-likeness (QED) is 0.672. The molecular weight excluding hydrogens is 266 g/mol. The standard InChI is InChI=1S/C17H27NO3/c1-4-5-6-7-8-11-18-17(19)13-21-15-10-9-14(2)12-16(15)20-3/h9-10,12H,4-8,11,13H2,1-3H3,(H,18,19). The lowest BCUT2D eigenvalue weighted by molar-refractivity contribution is -0.123. The highest BCUT2D eigenvalue weighted by Crippen LogP contribution is 2.27. The Morgan fingerprint density at radius 3 is 2.62 bits per heavy atom. The summed E-state index contributed by atoms with van der Waals surface area (Å²) in [5.74, 6) is 1.16. The molecule has 0 spiro atoms. The minimum absolute atomic E-state index is 0.0222. The monoisotopic (exact) mass is 293 g/mol. The number of rotatable bonds is 10. The molecule has 1 aromatic rings. The van der Waals surface area contributed by atoms with Gasteiger partial charge in [-0.15, -0.1) is 0 Å². The first-order valence-corrected chi connectivity index (χ1v) is 7.71. The SMILES string of the molecule is CCCCCCCNC(=O)COc1ccc(C)cc1OC. The summed E-state index contributed by atoms with van der Waals surface area (Å²) in [6.45, 7) is 4.92. The zero-order valence-corrected chi connectivity index (χ0v) is 13.4. The molecule has 0 atom stereocenters. The van der Waals surface area contributed by atoms with Crippen molar-refractivity contribution in [3.8, 4) is 11.5 Å². The van der Waals surface area contributed by atoms with Crippen LogP contribution in [0.2, 0.25) is 0 Å². The first-order valence-electron chi connectivity index (χ1n) is 7.71. The van der Waals surface area contributed by atoms with Crippen molar-refractivity contribution >= 4 is 5.91 Å². The van der Waals surface area contributed by atoms with E-state index in [9.17, 15) is 4.79 Å². The lowest BCUT2D eigenvalue weighted by atomic mass is 10.1. The fourth-order valence-electron chi connectivity index (χ4n) is 2.04. The summed E-state index contributed by atoms with van der Waals surface area (Å²) in [4.78, 5) is 11.7. The average Bonchev–Trinajstić information content (AvgIpc) is 2.49. The number of hydrogen-bond donors (Lipinski definition) is 1. The lowest BCUT2D eigenvalue weighted by Gasteiger charge is -2.11. The number of nitrogens with one attached hydrogen (secondary N) is 1. The van der Waals surface area contributed by atoms with Crippen molar-refractivity contribution in [1.82, 2.24) is 5.32 Å². The molecule has 0 aliphatic rings. The van der Waals surface area contributed by atoms with E-state index in [1.165, 1.54) is 25.7 Å². The van der Waals surface area contributed by atoms with E-state index in [1.807, 2.05) is 25.1 Å². The summed E-state index contributed by atoms with van der Waals surface area (Å²) in [6.07, 6.45) is 5.94. The highest BCUT2D eigenvalue weighted by atomic mass is 16.5. The zero-order valence-electron chi connectivity index (χ0n) is 13.4. The van der Waals surface area contributed by atoms with Crippen molar-refractivity contribution < 1.29 is 14.3 Å². The number of methoxy groups -OCH3 is 1. The molecule has 21 heavy (non-hydrogen) atoms. The molecule has 0 aromatic heterocycles. The van der Waals surface area contributed by atoms with Crippen LogP contribution in [0.3, 0.4) is 0 Å². The minimum Gasteiger partial charge on any atom is -0.493 e. The van der Waals surface area contributed by atoms with Crippen LogP contribution >= 0.6 is 0 Å². The Labute approximate surface area is 127 Å². The topological polar surface area (TPSA) is 47.6 Å². The van der Waals surface area contributed by atoms with Crippen molar-refractivity contribution in [3.63, 3.8) is 0 Å². The largest absolute Gasteiger partial charge is 0.493 e. The molecule has 1 N–H and O–H groups in total. The van der Waals surface area contributed by atoms with E-state index in [0.717, 1.165) is 18.5 Å². The number of hydrogen-bond acceptors (Lipinski definition) is 3. The second kappa shape index (κ2) is 10.1. The molecule has 0 heterocycles. The molecule has 0 aliphatic carbocycles. The van der Waals surface area contributed by atoms with Crippen LogP contribution < -0.4 is 14.8 Å². The third-order valence-corrected chi connectivity index (χ3v) is 3.28. The molecule has 118 valence electrons. The van der Waals surface area contributed by atoms with E-state index in [4.69, 9.17) is 9.47 Å². The third kappa shape index (κ3) is 7.02. The summed E-state index contributed by atoms with van der Waals surface area (Å²) in [7, 11) is 1.60. The van der Waals surface area contributed by atoms with Crippen LogP contribution in [0.25, 0.3) is 0 Å². The van der Waals surface area contributed by atoms with E-state index in [1.54, 1.807) is 7.11 Å². The number of aryl methyl sites for hydroxylation is 1. The van der Waals surface area contributed by atoms with Gasteiger partial charge in [-0.3, -0.25) is 4.79 Å². The van der Waals surface area contributed by atoms with Gasteiger partial charge in [-0.1, -0.05) is 38.7 Å². The number of carbonyl (C=O) groups excluding carboxylic acids is 1. The molecule has 0 saturated heterocycles. The first kappa shape index (κ1) is 17.3. The number of ether oxygens (including phenoxy) is 2. The molecule has 1 rings (SSSR count). The Kier molecular flexibility index (Phi) is 8.32. The van der Waals surface area contributed by atoms with E-state index >= 15 is 0 Å². The van der Waals surface area contributed by atoms with Crippen molar-refractivity contribution in [1.29, 1.82) is 0 Å². The average molecular weight is 293 g/mol. The van der Waals surface area contributed by atoms with Crippen molar-refractivity contribution in [2.75, 3.05) is 20.3 Å². The van der Waals surface area contributed by atoms with Crippen molar-refractivity contribution in [3.05, 3.63) is 23.8 Å². The summed E-state index contributed by atoms with van der Waals surface area (Å²) in [5.41, 5.74) is 1.09. The number of unbranched alkanes of at least 4 members (excludes halogenated alkanes) is 4. The molecule has 1 aromatic carbocycles. The van der Waals surface area contributed by atoms with Gasteiger partial charge in [0.1, 0.15) is 0 Å². The van der Waals surface area contributed by atoms with E-state index in [-0.39, 0.29) is 12.5 Å². The van der Waals surface area contributed by atoms with Crippen LogP contribution in [0.15, 0.2) is 18.2 Å². The molecule has 0 unspecified atom stereocenters. The first-order chi connectivity index (χ1) is 10.2. The van der Waals surface area contributed by atoms with Gasteiger partial charge in [0, 0.05) is 6.54 Å². The number of benzene rings is 1. The van der Waals surface area contributed by atoms with Crippen LogP contribution in [0.4, 0.5) is 0 Å². The zero-order chi connectivity index (χ0) is 15.5. The molecule has 0 saturated carbocycles. The van der Waals surface area contributed by atoms with Gasteiger partial charge in [0.15, 0.2) is 18.1 Å². The van der Waals surface area contributed by atoms with Gasteiger partial charge in [-0.25, -0.2) is 0 Å². The van der Waals surface area contributed by atoms with Gasteiger partial charge in [0.2, 0.25) is 0 Å². The van der Waals surface area contributed by atoms with Gasteiger partial charge >= 0.3 is 0 Å². The third-order valence-electron chi connectivity index (χ3n) is 3.28. The van der Waals surface area contributed by atoms with Crippen LogP contribution in [0, 0.1) is 6.92 Å². The maximum atomic E-state index is 11.7. The summed E-state index contributed by atoms with van der Waals surface area (Å²) in [6, 6.07) is 5.65. The normalized spacial score (nSPS) is 10.2. The molecule has 0 fully saturated rings. The fourth-order valence-corrected chi connectivity index (χ4v) is 2.04. The summed E-state index contributed by atoms with van der Waals surface area (Å²) < 4.78 is 10.7. The van der Waals surface area contributed by atoms with Crippen molar-refractivity contribution in [2.24, 2.45) is 0 Å². The van der Waals surface area contributed by atoms with Gasteiger partial charge in [0.05, 0.1) is 7.11 Å². The maximum Gasteiger partial charge on any atom is 0.257 e. The Hall–Kier alpha value is -1.71. The smallest absolute Gasteiger partial charge is 0.257 e. The van der Waals surface area contributed by atoms with Gasteiger partial charge in [-0.05, 0) is 31.0 Å². The highest BCUT2D eigenvalue weighted by Gasteiger charge is 2.07. The van der Waals surface area contributed by atoms with Gasteiger partial charge in [0.25, 0.3) is 5.91 Å². The molecule has 4 nitrogen and oxygen atoms in total.